The Labute approximate surface area is 113 Å². The molecule has 4 heteroatoms. The number of pyridine rings is 1. The van der Waals surface area contributed by atoms with Gasteiger partial charge in [-0.1, -0.05) is 23.8 Å². The van der Waals surface area contributed by atoms with Gasteiger partial charge in [-0.2, -0.15) is 5.10 Å². The molecule has 0 aliphatic rings. The van der Waals surface area contributed by atoms with Gasteiger partial charge in [0.2, 0.25) is 0 Å². The van der Waals surface area contributed by atoms with Gasteiger partial charge in [0, 0.05) is 12.4 Å². The average molecular weight is 262 g/mol. The molecule has 2 rings (SSSR count). The van der Waals surface area contributed by atoms with E-state index in [4.69, 9.17) is 0 Å². The van der Waals surface area contributed by atoms with Gasteiger partial charge in [-0.05, 0) is 37.1 Å². The molecule has 1 heterocycles. The van der Waals surface area contributed by atoms with Crippen LogP contribution in [0.15, 0.2) is 47.8 Å². The number of halogens is 1. The zero-order valence-electron chi connectivity index (χ0n) is 10.4. The quantitative estimate of drug-likeness (QED) is 0.678. The molecule has 0 saturated heterocycles. The van der Waals surface area contributed by atoms with E-state index in [1.165, 1.54) is 11.1 Å². The number of hydrazone groups is 1. The highest BCUT2D eigenvalue weighted by molar-refractivity contribution is 5.85. The number of anilines is 1. The fraction of sp³-hybridized carbons (Fsp3) is 0.143. The van der Waals surface area contributed by atoms with E-state index in [0.29, 0.717) is 0 Å². The molecule has 0 atom stereocenters. The second-order valence-electron chi connectivity index (χ2n) is 3.97. The van der Waals surface area contributed by atoms with Gasteiger partial charge in [0.25, 0.3) is 0 Å². The van der Waals surface area contributed by atoms with Gasteiger partial charge < -0.3 is 0 Å². The first-order valence-corrected chi connectivity index (χ1v) is 5.52. The summed E-state index contributed by atoms with van der Waals surface area (Å²) in [6.45, 7) is 4.17. The first kappa shape index (κ1) is 14.2. The minimum atomic E-state index is 0. The lowest BCUT2D eigenvalue weighted by Crippen LogP contribution is -1.93. The Morgan fingerprint density at radius 1 is 1.11 bits per heavy atom. The normalized spacial score (nSPS) is 10.1. The number of nitrogens with zero attached hydrogens (tertiary/aromatic N) is 2. The zero-order valence-corrected chi connectivity index (χ0v) is 11.2. The number of hydrogen-bond acceptors (Lipinski definition) is 3. The number of aryl methyl sites for hydroxylation is 2. The second-order valence-corrected chi connectivity index (χ2v) is 3.97. The number of nitrogens with one attached hydrogen (secondary N) is 1. The average Bonchev–Trinajstić information content (AvgIpc) is 2.33. The molecule has 2 aromatic rings. The molecule has 3 nitrogen and oxygen atoms in total. The summed E-state index contributed by atoms with van der Waals surface area (Å²) in [7, 11) is 0. The summed E-state index contributed by atoms with van der Waals surface area (Å²) in [4.78, 5) is 3.94. The molecule has 0 fully saturated rings. The monoisotopic (exact) mass is 261 g/mol. The molecular formula is C14H16ClN3. The molecule has 0 bridgehead atoms. The molecule has 0 amide bonds. The maximum absolute atomic E-state index is 4.20. The highest BCUT2D eigenvalue weighted by atomic mass is 35.5. The highest BCUT2D eigenvalue weighted by Gasteiger charge is 1.94. The molecule has 0 aliphatic heterocycles. The fourth-order valence-electron chi connectivity index (χ4n) is 1.57. The van der Waals surface area contributed by atoms with Crippen LogP contribution in [0, 0.1) is 13.8 Å². The highest BCUT2D eigenvalue weighted by Crippen LogP contribution is 2.08. The Morgan fingerprint density at radius 2 is 1.83 bits per heavy atom. The van der Waals surface area contributed by atoms with Gasteiger partial charge in [0.1, 0.15) is 0 Å². The van der Waals surface area contributed by atoms with E-state index in [1.54, 1.807) is 12.4 Å². The smallest absolute Gasteiger partial charge is 0.0592 e. The van der Waals surface area contributed by atoms with Gasteiger partial charge in [-0.25, -0.2) is 0 Å². The van der Waals surface area contributed by atoms with Crippen molar-refractivity contribution in [3.63, 3.8) is 0 Å². The summed E-state index contributed by atoms with van der Waals surface area (Å²) < 4.78 is 0. The van der Waals surface area contributed by atoms with Gasteiger partial charge in [-0.15, -0.1) is 12.4 Å². The van der Waals surface area contributed by atoms with Gasteiger partial charge >= 0.3 is 0 Å². The van der Waals surface area contributed by atoms with Crippen molar-refractivity contribution in [3.05, 3.63) is 59.4 Å². The summed E-state index contributed by atoms with van der Waals surface area (Å²) in [5, 5.41) is 4.20. The van der Waals surface area contributed by atoms with Crippen LogP contribution in [0.1, 0.15) is 16.7 Å². The first-order chi connectivity index (χ1) is 8.25. The minimum Gasteiger partial charge on any atom is -0.278 e. The Kier molecular flexibility index (Phi) is 5.33. The van der Waals surface area contributed by atoms with Crippen molar-refractivity contribution in [2.45, 2.75) is 13.8 Å². The molecule has 0 unspecified atom stereocenters. The molecule has 18 heavy (non-hydrogen) atoms. The summed E-state index contributed by atoms with van der Waals surface area (Å²) in [5.74, 6) is 0. The topological polar surface area (TPSA) is 37.3 Å². The Morgan fingerprint density at radius 3 is 2.50 bits per heavy atom. The van der Waals surface area contributed by atoms with Gasteiger partial charge in [0.05, 0.1) is 11.9 Å². The van der Waals surface area contributed by atoms with Crippen molar-refractivity contribution in [1.82, 2.24) is 4.98 Å². The Balaban J connectivity index is 0.00000162. The fourth-order valence-corrected chi connectivity index (χ4v) is 1.57. The molecule has 1 N–H and O–H groups in total. The number of benzene rings is 1. The van der Waals surface area contributed by atoms with Crippen molar-refractivity contribution in [3.8, 4) is 0 Å². The van der Waals surface area contributed by atoms with Crippen molar-refractivity contribution in [2.75, 3.05) is 5.43 Å². The zero-order chi connectivity index (χ0) is 12.1. The van der Waals surface area contributed by atoms with Crippen LogP contribution >= 0.6 is 12.4 Å². The lowest BCUT2D eigenvalue weighted by atomic mass is 10.1. The molecular weight excluding hydrogens is 246 g/mol. The van der Waals surface area contributed by atoms with Gasteiger partial charge in [0.15, 0.2) is 0 Å². The standard InChI is InChI=1S/C14H15N3.ClH/c1-11-3-4-13(12(2)9-11)10-16-17-14-5-7-15-8-6-14;/h3-10H,1-2H3,(H,15,17);1H. The largest absolute Gasteiger partial charge is 0.278 e. The van der Waals surface area contributed by atoms with Crippen LogP contribution in [-0.4, -0.2) is 11.2 Å². The van der Waals surface area contributed by atoms with E-state index in [2.05, 4.69) is 47.6 Å². The third kappa shape index (κ3) is 3.86. The summed E-state index contributed by atoms with van der Waals surface area (Å²) in [5.41, 5.74) is 7.51. The van der Waals surface area contributed by atoms with E-state index in [0.717, 1.165) is 11.3 Å². The molecule has 1 aromatic heterocycles. The number of aromatic nitrogens is 1. The van der Waals surface area contributed by atoms with Crippen LogP contribution in [0.2, 0.25) is 0 Å². The molecule has 1 aromatic carbocycles. The lowest BCUT2D eigenvalue weighted by Gasteiger charge is -2.02. The molecule has 0 spiro atoms. The van der Waals surface area contributed by atoms with Crippen molar-refractivity contribution >= 4 is 24.3 Å². The van der Waals surface area contributed by atoms with Crippen LogP contribution in [0.4, 0.5) is 5.69 Å². The summed E-state index contributed by atoms with van der Waals surface area (Å²) in [6.07, 6.45) is 5.29. The van der Waals surface area contributed by atoms with Crippen LogP contribution < -0.4 is 5.43 Å². The Bertz CT molecular complexity index is 524. The maximum atomic E-state index is 4.20. The first-order valence-electron chi connectivity index (χ1n) is 5.52. The van der Waals surface area contributed by atoms with E-state index in [-0.39, 0.29) is 12.4 Å². The van der Waals surface area contributed by atoms with Crippen LogP contribution in [-0.2, 0) is 0 Å². The molecule has 0 radical (unpaired) electrons. The van der Waals surface area contributed by atoms with E-state index < -0.39 is 0 Å². The van der Waals surface area contributed by atoms with E-state index >= 15 is 0 Å². The minimum absolute atomic E-state index is 0. The van der Waals surface area contributed by atoms with Crippen molar-refractivity contribution in [2.24, 2.45) is 5.10 Å². The van der Waals surface area contributed by atoms with E-state index in [9.17, 15) is 0 Å². The number of hydrogen-bond donors (Lipinski definition) is 1. The third-order valence-electron chi connectivity index (χ3n) is 2.50. The van der Waals surface area contributed by atoms with E-state index in [1.807, 2.05) is 18.3 Å². The van der Waals surface area contributed by atoms with Crippen LogP contribution in [0.5, 0.6) is 0 Å². The Hall–Kier alpha value is -1.87. The van der Waals surface area contributed by atoms with Crippen molar-refractivity contribution in [1.29, 1.82) is 0 Å². The SMILES string of the molecule is Cc1ccc(C=NNc2ccncc2)c(C)c1.Cl. The molecule has 94 valence electrons. The predicted molar refractivity (Wildman–Crippen MR) is 78.6 cm³/mol. The summed E-state index contributed by atoms with van der Waals surface area (Å²) in [6, 6.07) is 10.1. The summed E-state index contributed by atoms with van der Waals surface area (Å²) >= 11 is 0. The molecule has 0 saturated carbocycles. The third-order valence-corrected chi connectivity index (χ3v) is 2.50. The van der Waals surface area contributed by atoms with Crippen LogP contribution in [0.3, 0.4) is 0 Å². The van der Waals surface area contributed by atoms with Crippen molar-refractivity contribution < 1.29 is 0 Å². The molecule has 0 aliphatic carbocycles. The lowest BCUT2D eigenvalue weighted by molar-refractivity contribution is 1.28. The van der Waals surface area contributed by atoms with Crippen LogP contribution in [0.25, 0.3) is 0 Å². The predicted octanol–water partition coefficient (Wildman–Crippen LogP) is 3.57. The number of rotatable bonds is 3. The maximum Gasteiger partial charge on any atom is 0.0592 e. The van der Waals surface area contributed by atoms with Gasteiger partial charge in [-0.3, -0.25) is 10.4 Å². The second kappa shape index (κ2) is 6.77.